The summed E-state index contributed by atoms with van der Waals surface area (Å²) in [6, 6.07) is 13.8. The number of rotatable bonds is 3. The fourth-order valence-electron chi connectivity index (χ4n) is 2.28. The molecular weight excluding hydrogens is 254 g/mol. The molecule has 3 heteroatoms. The van der Waals surface area contributed by atoms with Crippen LogP contribution < -0.4 is 10.7 Å². The number of hydrogen-bond acceptors (Lipinski definition) is 3. The van der Waals surface area contributed by atoms with E-state index in [9.17, 15) is 4.79 Å². The second-order valence-corrected chi connectivity index (χ2v) is 5.55. The maximum atomic E-state index is 12.5. The average molecular weight is 269 g/mol. The topological polar surface area (TPSA) is 29.1 Å². The van der Waals surface area contributed by atoms with Gasteiger partial charge in [0.15, 0.2) is 5.43 Å². The monoisotopic (exact) mass is 269 g/mol. The third kappa shape index (κ3) is 2.15. The largest absolute Gasteiger partial charge is 0.313 e. The lowest BCUT2D eigenvalue weighted by molar-refractivity contribution is 0.731. The lowest BCUT2D eigenvalue weighted by Gasteiger charge is -2.07. The van der Waals surface area contributed by atoms with Crippen LogP contribution in [0.15, 0.2) is 47.3 Å². The molecule has 0 spiro atoms. The summed E-state index contributed by atoms with van der Waals surface area (Å²) in [7, 11) is 0. The average Bonchev–Trinajstić information content (AvgIpc) is 2.46. The Balaban J connectivity index is 2.34. The van der Waals surface area contributed by atoms with Gasteiger partial charge in [-0.15, -0.1) is 11.3 Å². The lowest BCUT2D eigenvalue weighted by atomic mass is 10.1. The first-order valence-corrected chi connectivity index (χ1v) is 7.27. The van der Waals surface area contributed by atoms with Gasteiger partial charge in [0.05, 0.1) is 0 Å². The summed E-state index contributed by atoms with van der Waals surface area (Å²) < 4.78 is 2.16. The summed E-state index contributed by atoms with van der Waals surface area (Å²) in [5.74, 6) is 0. The molecule has 1 heterocycles. The van der Waals surface area contributed by atoms with E-state index in [-0.39, 0.29) is 5.43 Å². The van der Waals surface area contributed by atoms with Gasteiger partial charge in [-0.2, -0.15) is 0 Å². The van der Waals surface area contributed by atoms with Gasteiger partial charge in [0, 0.05) is 26.7 Å². The molecule has 0 unspecified atom stereocenters. The predicted molar refractivity (Wildman–Crippen MR) is 83.0 cm³/mol. The van der Waals surface area contributed by atoms with E-state index >= 15 is 0 Å². The molecule has 1 N–H and O–H groups in total. The highest BCUT2D eigenvalue weighted by molar-refractivity contribution is 7.24. The molecule has 0 atom stereocenters. The van der Waals surface area contributed by atoms with E-state index < -0.39 is 0 Å². The molecule has 1 aromatic heterocycles. The van der Waals surface area contributed by atoms with E-state index in [1.807, 2.05) is 36.4 Å². The zero-order valence-corrected chi connectivity index (χ0v) is 11.6. The minimum atomic E-state index is 0.141. The minimum Gasteiger partial charge on any atom is -0.313 e. The third-order valence-corrected chi connectivity index (χ3v) is 4.51. The van der Waals surface area contributed by atoms with Crippen LogP contribution >= 0.6 is 11.3 Å². The molecule has 19 heavy (non-hydrogen) atoms. The van der Waals surface area contributed by atoms with E-state index in [0.29, 0.717) is 0 Å². The van der Waals surface area contributed by atoms with Crippen molar-refractivity contribution in [3.63, 3.8) is 0 Å². The van der Waals surface area contributed by atoms with Crippen LogP contribution in [0.25, 0.3) is 20.2 Å². The molecule has 0 fully saturated rings. The van der Waals surface area contributed by atoms with Gasteiger partial charge in [0.1, 0.15) is 0 Å². The van der Waals surface area contributed by atoms with Gasteiger partial charge in [-0.25, -0.2) is 0 Å². The molecule has 96 valence electrons. The lowest BCUT2D eigenvalue weighted by Crippen LogP contribution is -2.12. The van der Waals surface area contributed by atoms with Gasteiger partial charge < -0.3 is 5.32 Å². The summed E-state index contributed by atoms with van der Waals surface area (Å²) >= 11 is 1.70. The van der Waals surface area contributed by atoms with Crippen molar-refractivity contribution in [3.8, 4) is 0 Å². The molecule has 0 aliphatic rings. The first-order chi connectivity index (χ1) is 9.31. The molecule has 0 saturated heterocycles. The Morgan fingerprint density at radius 1 is 1.05 bits per heavy atom. The van der Waals surface area contributed by atoms with Gasteiger partial charge in [0.25, 0.3) is 0 Å². The minimum absolute atomic E-state index is 0.141. The quantitative estimate of drug-likeness (QED) is 0.737. The summed E-state index contributed by atoms with van der Waals surface area (Å²) in [4.78, 5) is 12.5. The fourth-order valence-corrected chi connectivity index (χ4v) is 3.46. The van der Waals surface area contributed by atoms with E-state index in [1.54, 1.807) is 11.3 Å². The predicted octanol–water partition coefficient (Wildman–Crippen LogP) is 3.52. The fraction of sp³-hybridized carbons (Fsp3) is 0.188. The number of benzene rings is 2. The second-order valence-electron chi connectivity index (χ2n) is 4.50. The number of hydrogen-bond donors (Lipinski definition) is 1. The molecule has 0 bridgehead atoms. The van der Waals surface area contributed by atoms with Crippen LogP contribution in [0.2, 0.25) is 0 Å². The molecule has 0 aliphatic heterocycles. The first-order valence-electron chi connectivity index (χ1n) is 6.45. The maximum Gasteiger partial charge on any atom is 0.195 e. The van der Waals surface area contributed by atoms with Crippen LogP contribution in [-0.4, -0.2) is 6.54 Å². The Labute approximate surface area is 115 Å². The van der Waals surface area contributed by atoms with Crippen molar-refractivity contribution in [2.45, 2.75) is 13.5 Å². The van der Waals surface area contributed by atoms with E-state index in [4.69, 9.17) is 0 Å². The van der Waals surface area contributed by atoms with Crippen LogP contribution in [0.5, 0.6) is 0 Å². The van der Waals surface area contributed by atoms with Crippen molar-refractivity contribution in [1.29, 1.82) is 0 Å². The SMILES string of the molecule is CCNCc1cccc2c(=O)c3ccccc3sc12. The Morgan fingerprint density at radius 2 is 1.84 bits per heavy atom. The second kappa shape index (κ2) is 5.11. The molecular formula is C16H15NOS. The van der Waals surface area contributed by atoms with Crippen LogP contribution in [-0.2, 0) is 6.54 Å². The molecule has 0 saturated carbocycles. The van der Waals surface area contributed by atoms with Crippen molar-refractivity contribution in [2.24, 2.45) is 0 Å². The Morgan fingerprint density at radius 3 is 2.68 bits per heavy atom. The van der Waals surface area contributed by atoms with Gasteiger partial charge in [-0.3, -0.25) is 4.79 Å². The normalized spacial score (nSPS) is 11.2. The van der Waals surface area contributed by atoms with E-state index in [1.165, 1.54) is 5.56 Å². The number of fused-ring (bicyclic) bond motifs is 2. The molecule has 2 nitrogen and oxygen atoms in total. The maximum absolute atomic E-state index is 12.5. The van der Waals surface area contributed by atoms with Crippen LogP contribution in [0.3, 0.4) is 0 Å². The summed E-state index contributed by atoms with van der Waals surface area (Å²) in [6.07, 6.45) is 0. The summed E-state index contributed by atoms with van der Waals surface area (Å²) in [5, 5.41) is 4.98. The van der Waals surface area contributed by atoms with Crippen molar-refractivity contribution in [2.75, 3.05) is 6.54 Å². The van der Waals surface area contributed by atoms with Gasteiger partial charge in [-0.1, -0.05) is 31.2 Å². The van der Waals surface area contributed by atoms with Gasteiger partial charge >= 0.3 is 0 Å². The van der Waals surface area contributed by atoms with Crippen molar-refractivity contribution in [1.82, 2.24) is 5.32 Å². The highest BCUT2D eigenvalue weighted by Gasteiger charge is 2.08. The molecule has 3 rings (SSSR count). The van der Waals surface area contributed by atoms with E-state index in [2.05, 4.69) is 18.3 Å². The zero-order valence-electron chi connectivity index (χ0n) is 10.8. The van der Waals surface area contributed by atoms with Crippen molar-refractivity contribution >= 4 is 31.5 Å². The molecule has 2 aromatic carbocycles. The Bertz CT molecular complexity index is 791. The smallest absolute Gasteiger partial charge is 0.195 e. The third-order valence-electron chi connectivity index (χ3n) is 3.25. The van der Waals surface area contributed by atoms with Crippen LogP contribution in [0.4, 0.5) is 0 Å². The van der Waals surface area contributed by atoms with Crippen LogP contribution in [0, 0.1) is 0 Å². The van der Waals surface area contributed by atoms with Crippen molar-refractivity contribution in [3.05, 3.63) is 58.3 Å². The zero-order chi connectivity index (χ0) is 13.2. The standard InChI is InChI=1S/C16H15NOS/c1-2-17-10-11-6-5-8-13-15(18)12-7-3-4-9-14(12)19-16(11)13/h3-9,17H,2,10H2,1H3. The summed E-state index contributed by atoms with van der Waals surface area (Å²) in [6.45, 7) is 3.82. The van der Waals surface area contributed by atoms with Gasteiger partial charge in [-0.05, 0) is 30.3 Å². The molecule has 0 amide bonds. The van der Waals surface area contributed by atoms with Gasteiger partial charge in [0.2, 0.25) is 0 Å². The number of nitrogens with one attached hydrogen (secondary N) is 1. The molecule has 0 radical (unpaired) electrons. The highest BCUT2D eigenvalue weighted by atomic mass is 32.1. The molecule has 0 aliphatic carbocycles. The summed E-state index contributed by atoms with van der Waals surface area (Å²) in [5.41, 5.74) is 1.34. The van der Waals surface area contributed by atoms with E-state index in [0.717, 1.165) is 33.3 Å². The first kappa shape index (κ1) is 12.3. The van der Waals surface area contributed by atoms with Crippen molar-refractivity contribution < 1.29 is 0 Å². The molecule has 3 aromatic rings. The highest BCUT2D eigenvalue weighted by Crippen LogP contribution is 2.27. The van der Waals surface area contributed by atoms with Crippen LogP contribution in [0.1, 0.15) is 12.5 Å². The Hall–Kier alpha value is -1.71. The Kier molecular flexibility index (Phi) is 3.32.